The van der Waals surface area contributed by atoms with Gasteiger partial charge in [0.15, 0.2) is 0 Å². The topological polar surface area (TPSA) is 44.4 Å². The summed E-state index contributed by atoms with van der Waals surface area (Å²) in [5.74, 6) is -0.00170. The Bertz CT molecular complexity index is 619. The van der Waals surface area contributed by atoms with Crippen molar-refractivity contribution in [1.29, 1.82) is 0 Å². The van der Waals surface area contributed by atoms with E-state index in [1.54, 1.807) is 0 Å². The lowest BCUT2D eigenvalue weighted by molar-refractivity contribution is 0.0954. The van der Waals surface area contributed by atoms with E-state index >= 15 is 0 Å². The zero-order valence-corrected chi connectivity index (χ0v) is 15.1. The average Bonchev–Trinajstić information content (AvgIpc) is 2.60. The third-order valence-corrected chi connectivity index (χ3v) is 3.84. The Labute approximate surface area is 150 Å². The molecule has 0 saturated carbocycles. The van der Waals surface area contributed by atoms with Crippen molar-refractivity contribution in [1.82, 2.24) is 10.6 Å². The van der Waals surface area contributed by atoms with E-state index in [1.807, 2.05) is 56.6 Å². The number of carbonyl (C=O) groups is 1. The van der Waals surface area contributed by atoms with Gasteiger partial charge in [-0.05, 0) is 43.8 Å². The van der Waals surface area contributed by atoms with Crippen LogP contribution in [0.25, 0.3) is 0 Å². The van der Waals surface area contributed by atoms with Gasteiger partial charge in [-0.15, -0.1) is 12.4 Å². The zero-order chi connectivity index (χ0) is 16.5. The molecule has 0 atom stereocenters. The minimum atomic E-state index is -0.00170. The molecule has 2 aromatic rings. The fourth-order valence-electron chi connectivity index (χ4n) is 2.46. The van der Waals surface area contributed by atoms with E-state index in [1.165, 1.54) is 0 Å². The predicted molar refractivity (Wildman–Crippen MR) is 103 cm³/mol. The molecule has 24 heavy (non-hydrogen) atoms. The minimum absolute atomic E-state index is 0. The second-order valence-corrected chi connectivity index (χ2v) is 5.52. The van der Waals surface area contributed by atoms with E-state index < -0.39 is 0 Å². The maximum Gasteiger partial charge on any atom is 0.251 e. The summed E-state index contributed by atoms with van der Waals surface area (Å²) in [6, 6.07) is 18.0. The summed E-state index contributed by atoms with van der Waals surface area (Å²) in [6.07, 6.45) is 0.851. The summed E-state index contributed by atoms with van der Waals surface area (Å²) >= 11 is 0. The lowest BCUT2D eigenvalue weighted by Gasteiger charge is -2.19. The van der Waals surface area contributed by atoms with Gasteiger partial charge in [-0.3, -0.25) is 4.79 Å². The number of halogens is 1. The van der Waals surface area contributed by atoms with Crippen LogP contribution in [0.4, 0.5) is 5.69 Å². The Morgan fingerprint density at radius 2 is 1.67 bits per heavy atom. The van der Waals surface area contributed by atoms with Gasteiger partial charge in [0.1, 0.15) is 0 Å². The molecule has 2 rings (SSSR count). The van der Waals surface area contributed by atoms with Crippen LogP contribution in [0.1, 0.15) is 15.9 Å². The number of benzene rings is 2. The number of carbonyl (C=O) groups excluding carboxylic acids is 1. The summed E-state index contributed by atoms with van der Waals surface area (Å²) in [7, 11) is 3.95. The van der Waals surface area contributed by atoms with Crippen molar-refractivity contribution in [3.63, 3.8) is 0 Å². The number of para-hydroxylation sites is 1. The van der Waals surface area contributed by atoms with Crippen LogP contribution < -0.4 is 15.5 Å². The van der Waals surface area contributed by atoms with Gasteiger partial charge < -0.3 is 15.5 Å². The molecule has 0 bridgehead atoms. The van der Waals surface area contributed by atoms with Crippen LogP contribution in [0.15, 0.2) is 54.6 Å². The first-order valence-electron chi connectivity index (χ1n) is 7.99. The number of amides is 1. The molecule has 0 heterocycles. The van der Waals surface area contributed by atoms with E-state index in [2.05, 4.69) is 27.7 Å². The van der Waals surface area contributed by atoms with Crippen molar-refractivity contribution in [3.05, 3.63) is 65.7 Å². The molecule has 2 aromatic carbocycles. The molecule has 4 nitrogen and oxygen atoms in total. The van der Waals surface area contributed by atoms with E-state index in [9.17, 15) is 4.79 Å². The molecule has 0 unspecified atom stereocenters. The first-order valence-corrected chi connectivity index (χ1v) is 7.99. The third kappa shape index (κ3) is 5.87. The van der Waals surface area contributed by atoms with E-state index in [0.717, 1.165) is 36.3 Å². The highest BCUT2D eigenvalue weighted by atomic mass is 35.5. The maximum atomic E-state index is 12.4. The zero-order valence-electron chi connectivity index (χ0n) is 14.3. The SMILES string of the molecule is CNCCc1ccccc1C(=O)NCCN(C)c1ccccc1.Cl. The summed E-state index contributed by atoms with van der Waals surface area (Å²) in [4.78, 5) is 14.5. The molecule has 130 valence electrons. The van der Waals surface area contributed by atoms with Crippen molar-refractivity contribution in [2.75, 3.05) is 38.6 Å². The first kappa shape index (κ1) is 20.0. The van der Waals surface area contributed by atoms with E-state index in [4.69, 9.17) is 0 Å². The quantitative estimate of drug-likeness (QED) is 0.771. The van der Waals surface area contributed by atoms with Crippen LogP contribution in [-0.4, -0.2) is 39.6 Å². The van der Waals surface area contributed by atoms with Crippen LogP contribution in [0.2, 0.25) is 0 Å². The smallest absolute Gasteiger partial charge is 0.251 e. The van der Waals surface area contributed by atoms with E-state index in [0.29, 0.717) is 6.54 Å². The van der Waals surface area contributed by atoms with Gasteiger partial charge in [0.25, 0.3) is 5.91 Å². The normalized spacial score (nSPS) is 9.92. The summed E-state index contributed by atoms with van der Waals surface area (Å²) in [5, 5.41) is 6.14. The van der Waals surface area contributed by atoms with Crippen LogP contribution >= 0.6 is 12.4 Å². The third-order valence-electron chi connectivity index (χ3n) is 3.84. The molecular weight excluding hydrogens is 322 g/mol. The van der Waals surface area contributed by atoms with Gasteiger partial charge in [-0.2, -0.15) is 0 Å². The molecule has 5 heteroatoms. The van der Waals surface area contributed by atoms with Gasteiger partial charge in [-0.25, -0.2) is 0 Å². The number of hydrogen-bond donors (Lipinski definition) is 2. The molecule has 2 N–H and O–H groups in total. The van der Waals surface area contributed by atoms with E-state index in [-0.39, 0.29) is 18.3 Å². The van der Waals surface area contributed by atoms with Crippen LogP contribution in [0.3, 0.4) is 0 Å². The van der Waals surface area contributed by atoms with Crippen LogP contribution in [0.5, 0.6) is 0 Å². The first-order chi connectivity index (χ1) is 11.2. The number of anilines is 1. The van der Waals surface area contributed by atoms with Gasteiger partial charge in [0, 0.05) is 31.4 Å². The monoisotopic (exact) mass is 347 g/mol. The Hall–Kier alpha value is -2.04. The van der Waals surface area contributed by atoms with Gasteiger partial charge in [0.05, 0.1) is 0 Å². The largest absolute Gasteiger partial charge is 0.373 e. The Morgan fingerprint density at radius 1 is 1.00 bits per heavy atom. The predicted octanol–water partition coefficient (Wildman–Crippen LogP) is 2.74. The van der Waals surface area contributed by atoms with Crippen molar-refractivity contribution >= 4 is 24.0 Å². The maximum absolute atomic E-state index is 12.4. The molecule has 0 saturated heterocycles. The number of hydrogen-bond acceptors (Lipinski definition) is 3. The summed E-state index contributed by atoms with van der Waals surface area (Å²) < 4.78 is 0. The van der Waals surface area contributed by atoms with Gasteiger partial charge in [0.2, 0.25) is 0 Å². The Morgan fingerprint density at radius 3 is 2.38 bits per heavy atom. The number of likely N-dealkylation sites (N-methyl/N-ethyl adjacent to an activating group) is 2. The molecule has 0 aliphatic heterocycles. The van der Waals surface area contributed by atoms with Crippen molar-refractivity contribution in [2.45, 2.75) is 6.42 Å². The van der Waals surface area contributed by atoms with Crippen molar-refractivity contribution in [3.8, 4) is 0 Å². The second kappa shape index (κ2) is 10.7. The Kier molecular flexibility index (Phi) is 8.90. The summed E-state index contributed by atoms with van der Waals surface area (Å²) in [5.41, 5.74) is 3.00. The van der Waals surface area contributed by atoms with Crippen molar-refractivity contribution < 1.29 is 4.79 Å². The average molecular weight is 348 g/mol. The fourth-order valence-corrected chi connectivity index (χ4v) is 2.46. The van der Waals surface area contributed by atoms with Crippen LogP contribution in [0, 0.1) is 0 Å². The highest BCUT2D eigenvalue weighted by Gasteiger charge is 2.10. The lowest BCUT2D eigenvalue weighted by atomic mass is 10.0. The number of rotatable bonds is 8. The molecule has 0 spiro atoms. The second-order valence-electron chi connectivity index (χ2n) is 5.52. The summed E-state index contributed by atoms with van der Waals surface area (Å²) in [6.45, 7) is 2.25. The lowest BCUT2D eigenvalue weighted by Crippen LogP contribution is -2.33. The highest BCUT2D eigenvalue weighted by molar-refractivity contribution is 5.95. The van der Waals surface area contributed by atoms with Gasteiger partial charge >= 0.3 is 0 Å². The standard InChI is InChI=1S/C19H25N3O.ClH/c1-20-13-12-16-8-6-7-11-18(16)19(23)21-14-15-22(2)17-9-4-3-5-10-17;/h3-11,20H,12-15H2,1-2H3,(H,21,23);1H. The molecule has 0 aliphatic carbocycles. The fraction of sp³-hybridized carbons (Fsp3) is 0.316. The molecule has 0 aromatic heterocycles. The highest BCUT2D eigenvalue weighted by Crippen LogP contribution is 2.11. The molecule has 0 radical (unpaired) electrons. The Balaban J connectivity index is 0.00000288. The minimum Gasteiger partial charge on any atom is -0.373 e. The van der Waals surface area contributed by atoms with Gasteiger partial charge in [-0.1, -0.05) is 36.4 Å². The molecular formula is C19H26ClN3O. The van der Waals surface area contributed by atoms with Crippen LogP contribution in [-0.2, 0) is 6.42 Å². The number of nitrogens with one attached hydrogen (secondary N) is 2. The molecule has 0 aliphatic rings. The molecule has 0 fully saturated rings. The van der Waals surface area contributed by atoms with Crippen molar-refractivity contribution in [2.24, 2.45) is 0 Å². The number of nitrogens with zero attached hydrogens (tertiary/aromatic N) is 1. The molecule has 1 amide bonds.